The van der Waals surface area contributed by atoms with E-state index in [1.807, 2.05) is 0 Å². The number of fused-ring (bicyclic) bond motifs is 1. The maximum absolute atomic E-state index is 11.7. The number of amides is 1. The summed E-state index contributed by atoms with van der Waals surface area (Å²) in [5, 5.41) is 10.8. The monoisotopic (exact) mass is 244 g/mol. The zero-order chi connectivity index (χ0) is 11.9. The number of rotatable bonds is 3. The highest BCUT2D eigenvalue weighted by Gasteiger charge is 2.55. The zero-order valence-corrected chi connectivity index (χ0v) is 9.44. The number of hydrogen-bond acceptors (Lipinski definition) is 6. The zero-order valence-electron chi connectivity index (χ0n) is 8.62. The van der Waals surface area contributed by atoms with Crippen molar-refractivity contribution in [3.05, 3.63) is 11.1 Å². The SMILES string of the molecule is C[C@@H](O)C1C(=O)N2C(C(=O)OCN)=CS[C@H]12. The van der Waals surface area contributed by atoms with Crippen LogP contribution >= 0.6 is 11.8 Å². The second-order valence-electron chi connectivity index (χ2n) is 3.60. The van der Waals surface area contributed by atoms with Crippen molar-refractivity contribution in [3.8, 4) is 0 Å². The highest BCUT2D eigenvalue weighted by Crippen LogP contribution is 2.46. The maximum atomic E-state index is 11.7. The minimum absolute atomic E-state index is 0.187. The molecule has 0 radical (unpaired) electrons. The number of carbonyl (C=O) groups is 2. The van der Waals surface area contributed by atoms with Crippen LogP contribution < -0.4 is 5.73 Å². The molecule has 2 aliphatic heterocycles. The average Bonchev–Trinajstić information content (AvgIpc) is 2.56. The number of nitrogens with two attached hydrogens (primary N) is 1. The molecule has 88 valence electrons. The lowest BCUT2D eigenvalue weighted by atomic mass is 9.92. The third kappa shape index (κ3) is 1.51. The smallest absolute Gasteiger partial charge is 0.356 e. The van der Waals surface area contributed by atoms with Crippen molar-refractivity contribution < 1.29 is 19.4 Å². The number of carbonyl (C=O) groups excluding carboxylic acids is 2. The highest BCUT2D eigenvalue weighted by molar-refractivity contribution is 8.03. The van der Waals surface area contributed by atoms with Crippen molar-refractivity contribution in [1.82, 2.24) is 4.90 Å². The number of aliphatic hydroxyl groups excluding tert-OH is 1. The van der Waals surface area contributed by atoms with Crippen LogP contribution in [0.1, 0.15) is 6.92 Å². The van der Waals surface area contributed by atoms with Crippen molar-refractivity contribution in [2.45, 2.75) is 18.4 Å². The predicted molar refractivity (Wildman–Crippen MR) is 56.6 cm³/mol. The van der Waals surface area contributed by atoms with Crippen LogP contribution in [-0.2, 0) is 14.3 Å². The molecule has 0 bridgehead atoms. The summed E-state index contributed by atoms with van der Waals surface area (Å²) < 4.78 is 4.62. The average molecular weight is 244 g/mol. The minimum Gasteiger partial charge on any atom is -0.445 e. The summed E-state index contributed by atoms with van der Waals surface area (Å²) in [6.07, 6.45) is -0.709. The standard InChI is InChI=1S/C9H12N2O4S/c1-4(12)6-7(13)11-5(2-16-8(6)11)9(14)15-3-10/h2,4,6,8,12H,3,10H2,1H3/t4-,6?,8-/m1/s1. The van der Waals surface area contributed by atoms with Gasteiger partial charge in [-0.2, -0.15) is 0 Å². The van der Waals surface area contributed by atoms with Crippen molar-refractivity contribution in [2.75, 3.05) is 6.73 Å². The second kappa shape index (κ2) is 4.08. The third-order valence-electron chi connectivity index (χ3n) is 2.61. The molecule has 3 atom stereocenters. The molecule has 0 aliphatic carbocycles. The van der Waals surface area contributed by atoms with Gasteiger partial charge in [0.15, 0.2) is 0 Å². The molecule has 0 aromatic carbocycles. The van der Waals surface area contributed by atoms with Gasteiger partial charge in [0.25, 0.3) is 0 Å². The van der Waals surface area contributed by atoms with Gasteiger partial charge in [-0.3, -0.25) is 15.4 Å². The number of ether oxygens (including phenoxy) is 1. The van der Waals surface area contributed by atoms with Crippen molar-refractivity contribution in [3.63, 3.8) is 0 Å². The van der Waals surface area contributed by atoms with Crippen LogP contribution in [0.2, 0.25) is 0 Å². The molecular weight excluding hydrogens is 232 g/mol. The first kappa shape index (κ1) is 11.4. The first-order chi connectivity index (χ1) is 7.57. The number of nitrogens with zero attached hydrogens (tertiary/aromatic N) is 1. The highest BCUT2D eigenvalue weighted by atomic mass is 32.2. The number of hydrogen-bond donors (Lipinski definition) is 2. The van der Waals surface area contributed by atoms with E-state index < -0.39 is 18.0 Å². The van der Waals surface area contributed by atoms with Gasteiger partial charge in [0.2, 0.25) is 5.91 Å². The molecule has 2 heterocycles. The summed E-state index contributed by atoms with van der Waals surface area (Å²) in [6, 6.07) is 0. The van der Waals surface area contributed by atoms with Gasteiger partial charge in [-0.25, -0.2) is 4.79 Å². The Morgan fingerprint density at radius 3 is 3.06 bits per heavy atom. The molecular formula is C9H12N2O4S. The first-order valence-corrected chi connectivity index (χ1v) is 5.76. The number of esters is 1. The van der Waals surface area contributed by atoms with E-state index in [-0.39, 0.29) is 23.7 Å². The molecule has 3 N–H and O–H groups in total. The Bertz CT molecular complexity index is 369. The molecule has 0 saturated carbocycles. The van der Waals surface area contributed by atoms with Gasteiger partial charge in [-0.15, -0.1) is 11.8 Å². The van der Waals surface area contributed by atoms with Crippen molar-refractivity contribution in [1.29, 1.82) is 0 Å². The Morgan fingerprint density at radius 1 is 1.81 bits per heavy atom. The summed E-state index contributed by atoms with van der Waals surface area (Å²) in [5.41, 5.74) is 5.30. The summed E-state index contributed by atoms with van der Waals surface area (Å²) >= 11 is 1.34. The van der Waals surface area contributed by atoms with Gasteiger partial charge in [-0.1, -0.05) is 0 Å². The van der Waals surface area contributed by atoms with Crippen molar-refractivity contribution >= 4 is 23.6 Å². The first-order valence-electron chi connectivity index (χ1n) is 4.82. The molecule has 0 aromatic heterocycles. The Morgan fingerprint density at radius 2 is 2.50 bits per heavy atom. The summed E-state index contributed by atoms with van der Waals surface area (Å²) in [7, 11) is 0. The molecule has 16 heavy (non-hydrogen) atoms. The van der Waals surface area contributed by atoms with Crippen LogP contribution in [0.4, 0.5) is 0 Å². The van der Waals surface area contributed by atoms with Crippen LogP contribution in [-0.4, -0.2) is 40.1 Å². The molecule has 1 amide bonds. The molecule has 0 spiro atoms. The van der Waals surface area contributed by atoms with Crippen LogP contribution in [0, 0.1) is 5.92 Å². The van der Waals surface area contributed by atoms with E-state index in [1.54, 1.807) is 12.3 Å². The van der Waals surface area contributed by atoms with E-state index in [9.17, 15) is 14.7 Å². The summed E-state index contributed by atoms with van der Waals surface area (Å²) in [5.74, 6) is -1.29. The lowest BCUT2D eigenvalue weighted by molar-refractivity contribution is -0.158. The molecule has 2 rings (SSSR count). The molecule has 1 fully saturated rings. The van der Waals surface area contributed by atoms with E-state index >= 15 is 0 Å². The fourth-order valence-electron chi connectivity index (χ4n) is 1.82. The molecule has 7 heteroatoms. The Kier molecular flexibility index (Phi) is 2.92. The van der Waals surface area contributed by atoms with E-state index in [1.165, 1.54) is 16.7 Å². The topological polar surface area (TPSA) is 92.9 Å². The quantitative estimate of drug-likeness (QED) is 0.383. The van der Waals surface area contributed by atoms with Gasteiger partial charge < -0.3 is 9.84 Å². The van der Waals surface area contributed by atoms with Gasteiger partial charge in [0, 0.05) is 5.41 Å². The van der Waals surface area contributed by atoms with Gasteiger partial charge >= 0.3 is 5.97 Å². The fourth-order valence-corrected chi connectivity index (χ4v) is 3.15. The number of β-lactam (4-membered cyclic amide) rings is 1. The van der Waals surface area contributed by atoms with E-state index in [2.05, 4.69) is 4.74 Å². The lowest BCUT2D eigenvalue weighted by Gasteiger charge is -2.43. The van der Waals surface area contributed by atoms with Gasteiger partial charge in [0.05, 0.1) is 12.0 Å². The van der Waals surface area contributed by atoms with Crippen LogP contribution in [0.5, 0.6) is 0 Å². The Labute approximate surface area is 96.4 Å². The Hall–Kier alpha value is -1.05. The molecule has 1 unspecified atom stereocenters. The van der Waals surface area contributed by atoms with Crippen LogP contribution in [0.25, 0.3) is 0 Å². The summed E-state index contributed by atoms with van der Waals surface area (Å²) in [6.45, 7) is 1.35. The molecule has 6 nitrogen and oxygen atoms in total. The normalized spacial score (nSPS) is 29.3. The van der Waals surface area contributed by atoms with E-state index in [0.717, 1.165) is 0 Å². The molecule has 0 aromatic rings. The molecule has 2 aliphatic rings. The predicted octanol–water partition coefficient (Wildman–Crippen LogP) is -0.801. The number of aliphatic hydroxyl groups is 1. The van der Waals surface area contributed by atoms with E-state index in [4.69, 9.17) is 5.73 Å². The number of thioether (sulfide) groups is 1. The van der Waals surface area contributed by atoms with Crippen LogP contribution in [0.3, 0.4) is 0 Å². The van der Waals surface area contributed by atoms with Crippen LogP contribution in [0.15, 0.2) is 11.1 Å². The van der Waals surface area contributed by atoms with Gasteiger partial charge in [-0.05, 0) is 6.92 Å². The Balaban J connectivity index is 2.08. The summed E-state index contributed by atoms with van der Waals surface area (Å²) in [4.78, 5) is 24.4. The maximum Gasteiger partial charge on any atom is 0.356 e. The van der Waals surface area contributed by atoms with Crippen molar-refractivity contribution in [2.24, 2.45) is 11.7 Å². The third-order valence-corrected chi connectivity index (χ3v) is 3.75. The minimum atomic E-state index is -0.709. The molecule has 1 saturated heterocycles. The van der Waals surface area contributed by atoms with Gasteiger partial charge in [0.1, 0.15) is 17.8 Å². The van der Waals surface area contributed by atoms with E-state index in [0.29, 0.717) is 0 Å². The lowest BCUT2D eigenvalue weighted by Crippen LogP contribution is -2.60. The largest absolute Gasteiger partial charge is 0.445 e. The fraction of sp³-hybridized carbons (Fsp3) is 0.556. The second-order valence-corrected chi connectivity index (χ2v) is 4.59.